The second kappa shape index (κ2) is 8.10. The monoisotopic (exact) mass is 330 g/mol. The van der Waals surface area contributed by atoms with Gasteiger partial charge in [-0.05, 0) is 36.8 Å². The highest BCUT2D eigenvalue weighted by molar-refractivity contribution is 5.94. The van der Waals surface area contributed by atoms with Crippen molar-refractivity contribution in [3.63, 3.8) is 0 Å². The molecule has 0 aliphatic carbocycles. The Bertz CT molecular complexity index is 715. The Morgan fingerprint density at radius 2 is 1.83 bits per heavy atom. The highest BCUT2D eigenvalue weighted by Gasteiger charge is 2.18. The van der Waals surface area contributed by atoms with Crippen molar-refractivity contribution in [1.82, 2.24) is 5.32 Å². The molecule has 6 heteroatoms. The number of benzene rings is 2. The summed E-state index contributed by atoms with van der Waals surface area (Å²) in [6, 6.07) is 11.3. The van der Waals surface area contributed by atoms with Gasteiger partial charge in [-0.1, -0.05) is 24.3 Å². The molecule has 0 saturated heterocycles. The van der Waals surface area contributed by atoms with E-state index in [1.807, 2.05) is 6.92 Å². The van der Waals surface area contributed by atoms with Gasteiger partial charge in [-0.15, -0.1) is 0 Å². The van der Waals surface area contributed by atoms with Crippen LogP contribution in [0.5, 0.6) is 5.75 Å². The zero-order valence-electron chi connectivity index (χ0n) is 13.1. The van der Waals surface area contributed by atoms with Gasteiger partial charge in [0.2, 0.25) is 0 Å². The number of carbonyl (C=O) groups excluding carboxylic acids is 2. The normalized spacial score (nSPS) is 11.6. The number of nitrogens with one attached hydrogen (secondary N) is 1. The predicted molar refractivity (Wildman–Crippen MR) is 83.8 cm³/mol. The summed E-state index contributed by atoms with van der Waals surface area (Å²) in [5.74, 6) is -2.04. The van der Waals surface area contributed by atoms with Crippen LogP contribution in [0.15, 0.2) is 48.5 Å². The van der Waals surface area contributed by atoms with Crippen molar-refractivity contribution in [2.24, 2.45) is 0 Å². The summed E-state index contributed by atoms with van der Waals surface area (Å²) >= 11 is 0. The minimum absolute atomic E-state index is 0.146. The molecule has 0 saturated carbocycles. The first-order valence-corrected chi connectivity index (χ1v) is 7.49. The van der Waals surface area contributed by atoms with Crippen LogP contribution in [0, 0.1) is 5.82 Å². The third kappa shape index (κ3) is 4.55. The molecule has 1 amide bonds. The van der Waals surface area contributed by atoms with Crippen LogP contribution in [0.25, 0.3) is 0 Å². The fraction of sp³-hybridized carbons (Fsp3) is 0.222. The first-order chi connectivity index (χ1) is 11.5. The second-order valence-electron chi connectivity index (χ2n) is 5.08. The van der Waals surface area contributed by atoms with Crippen molar-refractivity contribution in [3.05, 3.63) is 65.5 Å². The number of hydrogen-bond donors (Lipinski definition) is 1. The van der Waals surface area contributed by atoms with Crippen LogP contribution < -0.4 is 15.2 Å². The maximum Gasteiger partial charge on any atom is 0.254 e. The van der Waals surface area contributed by atoms with Crippen molar-refractivity contribution in [1.29, 1.82) is 0 Å². The third-order valence-electron chi connectivity index (χ3n) is 3.39. The summed E-state index contributed by atoms with van der Waals surface area (Å²) < 4.78 is 19.0. The van der Waals surface area contributed by atoms with Gasteiger partial charge in [0.05, 0.1) is 18.2 Å². The summed E-state index contributed by atoms with van der Waals surface area (Å²) in [7, 11) is 0. The van der Waals surface area contributed by atoms with Crippen LogP contribution >= 0.6 is 0 Å². The van der Waals surface area contributed by atoms with Crippen LogP contribution in [-0.4, -0.2) is 18.5 Å². The van der Waals surface area contributed by atoms with Crippen LogP contribution in [0.2, 0.25) is 0 Å². The topological polar surface area (TPSA) is 78.5 Å². The summed E-state index contributed by atoms with van der Waals surface area (Å²) in [4.78, 5) is 23.2. The number of halogens is 1. The van der Waals surface area contributed by atoms with Crippen molar-refractivity contribution < 1.29 is 23.8 Å². The Labute approximate surface area is 139 Å². The Hall–Kier alpha value is -2.89. The smallest absolute Gasteiger partial charge is 0.254 e. The van der Waals surface area contributed by atoms with E-state index >= 15 is 0 Å². The number of carboxylic acid groups (broad SMARTS) is 1. The van der Waals surface area contributed by atoms with Gasteiger partial charge in [0.15, 0.2) is 0 Å². The van der Waals surface area contributed by atoms with Gasteiger partial charge in [0.25, 0.3) is 5.91 Å². The number of carbonyl (C=O) groups is 2. The van der Waals surface area contributed by atoms with Crippen molar-refractivity contribution >= 4 is 11.9 Å². The summed E-state index contributed by atoms with van der Waals surface area (Å²) in [6.45, 7) is 2.35. The quantitative estimate of drug-likeness (QED) is 0.840. The third-order valence-corrected chi connectivity index (χ3v) is 3.39. The Balaban J connectivity index is 2.20. The van der Waals surface area contributed by atoms with Crippen LogP contribution in [0.1, 0.15) is 35.3 Å². The van der Waals surface area contributed by atoms with E-state index in [1.54, 1.807) is 24.3 Å². The average molecular weight is 330 g/mol. The van der Waals surface area contributed by atoms with E-state index in [0.29, 0.717) is 17.9 Å². The van der Waals surface area contributed by atoms with Crippen LogP contribution in [0.3, 0.4) is 0 Å². The number of rotatable bonds is 7. The fourth-order valence-corrected chi connectivity index (χ4v) is 2.26. The van der Waals surface area contributed by atoms with E-state index in [0.717, 1.165) is 0 Å². The van der Waals surface area contributed by atoms with Crippen molar-refractivity contribution in [2.75, 3.05) is 6.61 Å². The van der Waals surface area contributed by atoms with Gasteiger partial charge in [0, 0.05) is 12.4 Å². The molecule has 0 spiro atoms. The van der Waals surface area contributed by atoms with E-state index in [-0.39, 0.29) is 5.56 Å². The van der Waals surface area contributed by atoms with Crippen molar-refractivity contribution in [2.45, 2.75) is 19.4 Å². The Morgan fingerprint density at radius 3 is 2.42 bits per heavy atom. The lowest BCUT2D eigenvalue weighted by atomic mass is 10.0. The molecule has 1 atom stereocenters. The minimum atomic E-state index is -1.32. The van der Waals surface area contributed by atoms with Crippen LogP contribution in [0.4, 0.5) is 4.39 Å². The molecule has 2 aromatic carbocycles. The van der Waals surface area contributed by atoms with Gasteiger partial charge in [-0.3, -0.25) is 4.79 Å². The maximum atomic E-state index is 13.7. The maximum absolute atomic E-state index is 13.7. The fourth-order valence-electron chi connectivity index (χ4n) is 2.26. The molecule has 24 heavy (non-hydrogen) atoms. The lowest BCUT2D eigenvalue weighted by molar-refractivity contribution is -0.306. The average Bonchev–Trinajstić information content (AvgIpc) is 2.55. The molecule has 1 N–H and O–H groups in total. The predicted octanol–water partition coefficient (Wildman–Crippen LogP) is 1.84. The van der Waals surface area contributed by atoms with E-state index in [1.165, 1.54) is 24.3 Å². The number of hydrogen-bond acceptors (Lipinski definition) is 4. The number of carboxylic acids is 1. The Kier molecular flexibility index (Phi) is 5.89. The highest BCUT2D eigenvalue weighted by Crippen LogP contribution is 2.21. The second-order valence-corrected chi connectivity index (χ2v) is 5.08. The SMILES string of the molecule is CCOc1ccc([C@H](CC(=O)[O-])NC(=O)c2ccccc2F)cc1. The molecule has 0 aliphatic rings. The van der Waals surface area contributed by atoms with E-state index in [2.05, 4.69) is 5.32 Å². The van der Waals surface area contributed by atoms with E-state index in [9.17, 15) is 19.1 Å². The molecule has 2 aromatic rings. The largest absolute Gasteiger partial charge is 0.550 e. The summed E-state index contributed by atoms with van der Waals surface area (Å²) in [5.41, 5.74) is 0.416. The van der Waals surface area contributed by atoms with E-state index < -0.39 is 30.2 Å². The van der Waals surface area contributed by atoms with Crippen LogP contribution in [-0.2, 0) is 4.79 Å². The summed E-state index contributed by atoms with van der Waals surface area (Å²) in [5, 5.41) is 13.5. The molecule has 0 radical (unpaired) electrons. The van der Waals surface area contributed by atoms with Gasteiger partial charge in [-0.2, -0.15) is 0 Å². The molecule has 0 fully saturated rings. The molecule has 0 heterocycles. The highest BCUT2D eigenvalue weighted by atomic mass is 19.1. The molecular formula is C18H17FNO4-. The lowest BCUT2D eigenvalue weighted by Gasteiger charge is -2.20. The number of aliphatic carboxylic acids is 1. The number of amides is 1. The molecule has 0 aliphatic heterocycles. The van der Waals surface area contributed by atoms with Gasteiger partial charge in [0.1, 0.15) is 11.6 Å². The van der Waals surface area contributed by atoms with Gasteiger partial charge in [-0.25, -0.2) is 4.39 Å². The molecular weight excluding hydrogens is 313 g/mol. The van der Waals surface area contributed by atoms with Crippen molar-refractivity contribution in [3.8, 4) is 5.75 Å². The first-order valence-electron chi connectivity index (χ1n) is 7.49. The molecule has 0 unspecified atom stereocenters. The lowest BCUT2D eigenvalue weighted by Crippen LogP contribution is -2.34. The molecule has 126 valence electrons. The minimum Gasteiger partial charge on any atom is -0.550 e. The molecule has 2 rings (SSSR count). The van der Waals surface area contributed by atoms with Gasteiger partial charge < -0.3 is 20.0 Å². The van der Waals surface area contributed by atoms with Gasteiger partial charge >= 0.3 is 0 Å². The number of ether oxygens (including phenoxy) is 1. The Morgan fingerprint density at radius 1 is 1.17 bits per heavy atom. The zero-order valence-corrected chi connectivity index (χ0v) is 13.1. The molecule has 5 nitrogen and oxygen atoms in total. The van der Waals surface area contributed by atoms with E-state index in [4.69, 9.17) is 4.74 Å². The standard InChI is InChI=1S/C18H18FNO4/c1-2-24-13-9-7-12(8-10-13)16(11-17(21)22)20-18(23)14-5-3-4-6-15(14)19/h3-10,16H,2,11H2,1H3,(H,20,23)(H,21,22)/p-1/t16-/m0/s1. The molecule has 0 aromatic heterocycles. The first kappa shape index (κ1) is 17.5. The molecule has 0 bridgehead atoms. The zero-order chi connectivity index (χ0) is 17.5. The summed E-state index contributed by atoms with van der Waals surface area (Å²) in [6.07, 6.45) is -0.422.